The maximum Gasteiger partial charge on any atom is 0.335 e. The molecule has 0 spiro atoms. The molecule has 3 nitrogen and oxygen atoms in total. The molecule has 0 heterocycles. The lowest BCUT2D eigenvalue weighted by molar-refractivity contribution is 0.0697. The summed E-state index contributed by atoms with van der Waals surface area (Å²) >= 11 is 11.3. The van der Waals surface area contributed by atoms with E-state index < -0.39 is 5.97 Å². The number of benzene rings is 1. The second-order valence-electron chi connectivity index (χ2n) is 3.19. The molecular formula is C11H10Cl2O3. The Morgan fingerprint density at radius 3 is 2.75 bits per heavy atom. The van der Waals surface area contributed by atoms with Gasteiger partial charge in [0.1, 0.15) is 12.4 Å². The Balaban J connectivity index is 2.79. The fourth-order valence-corrected chi connectivity index (χ4v) is 1.27. The molecule has 0 atom stereocenters. The minimum Gasteiger partial charge on any atom is -0.488 e. The Labute approximate surface area is 103 Å². The van der Waals surface area contributed by atoms with Gasteiger partial charge in [-0.15, -0.1) is 0 Å². The predicted octanol–water partition coefficient (Wildman–Crippen LogP) is 3.56. The maximum atomic E-state index is 10.7. The van der Waals surface area contributed by atoms with Gasteiger partial charge in [0, 0.05) is 5.54 Å². The van der Waals surface area contributed by atoms with Gasteiger partial charge in [0.2, 0.25) is 0 Å². The first kappa shape index (κ1) is 12.9. The van der Waals surface area contributed by atoms with Crippen molar-refractivity contribution in [3.05, 3.63) is 39.9 Å². The smallest absolute Gasteiger partial charge is 0.335 e. The molecule has 0 saturated heterocycles. The minimum atomic E-state index is -1.02. The fraction of sp³-hybridized carbons (Fsp3) is 0.182. The molecule has 16 heavy (non-hydrogen) atoms. The second-order valence-corrected chi connectivity index (χ2v) is 3.82. The standard InChI is InChI=1S/C11H10Cl2O3/c1-7(5-12)6-16-10-3-2-8(11(14)15)4-9(10)13/h2-5H,6H2,1H3,(H,14,15)/b7-5-. The molecule has 0 fully saturated rings. The van der Waals surface area contributed by atoms with Crippen molar-refractivity contribution in [1.82, 2.24) is 0 Å². The topological polar surface area (TPSA) is 46.5 Å². The van der Waals surface area contributed by atoms with Crippen LogP contribution in [0.25, 0.3) is 0 Å². The van der Waals surface area contributed by atoms with E-state index in [0.717, 1.165) is 5.57 Å². The van der Waals surface area contributed by atoms with E-state index in [2.05, 4.69) is 0 Å². The molecule has 86 valence electrons. The molecule has 0 bridgehead atoms. The molecule has 0 radical (unpaired) electrons. The van der Waals surface area contributed by atoms with Crippen molar-refractivity contribution in [3.8, 4) is 5.75 Å². The Hall–Kier alpha value is -1.19. The molecule has 1 rings (SSSR count). The van der Waals surface area contributed by atoms with E-state index in [-0.39, 0.29) is 10.6 Å². The number of ether oxygens (including phenoxy) is 1. The first-order valence-electron chi connectivity index (χ1n) is 4.46. The summed E-state index contributed by atoms with van der Waals surface area (Å²) in [6.45, 7) is 2.13. The van der Waals surface area contributed by atoms with Crippen LogP contribution in [0.4, 0.5) is 0 Å². The monoisotopic (exact) mass is 260 g/mol. The zero-order valence-corrected chi connectivity index (χ0v) is 10.0. The van der Waals surface area contributed by atoms with Gasteiger partial charge in [0.25, 0.3) is 0 Å². The van der Waals surface area contributed by atoms with E-state index in [1.807, 2.05) is 6.92 Å². The van der Waals surface area contributed by atoms with Crippen LogP contribution in [-0.2, 0) is 0 Å². The number of halogens is 2. The summed E-state index contributed by atoms with van der Waals surface area (Å²) < 4.78 is 5.35. The molecule has 0 unspecified atom stereocenters. The summed E-state index contributed by atoms with van der Waals surface area (Å²) in [5.41, 5.74) is 2.39. The highest BCUT2D eigenvalue weighted by molar-refractivity contribution is 6.32. The van der Waals surface area contributed by atoms with Crippen LogP contribution in [0, 0.1) is 0 Å². The van der Waals surface area contributed by atoms with Crippen molar-refractivity contribution in [2.45, 2.75) is 6.92 Å². The van der Waals surface area contributed by atoms with Gasteiger partial charge < -0.3 is 9.84 Å². The van der Waals surface area contributed by atoms with Crippen molar-refractivity contribution >= 4 is 29.2 Å². The maximum absolute atomic E-state index is 10.7. The van der Waals surface area contributed by atoms with Crippen LogP contribution in [0.2, 0.25) is 5.02 Å². The third-order valence-electron chi connectivity index (χ3n) is 1.82. The quantitative estimate of drug-likeness (QED) is 0.901. The van der Waals surface area contributed by atoms with Crippen molar-refractivity contribution in [2.24, 2.45) is 0 Å². The summed E-state index contributed by atoms with van der Waals surface area (Å²) in [5, 5.41) is 9.00. The number of carboxylic acid groups (broad SMARTS) is 1. The third-order valence-corrected chi connectivity index (χ3v) is 2.49. The van der Waals surface area contributed by atoms with E-state index in [0.29, 0.717) is 12.4 Å². The van der Waals surface area contributed by atoms with Crippen LogP contribution < -0.4 is 4.74 Å². The van der Waals surface area contributed by atoms with Gasteiger partial charge in [-0.2, -0.15) is 0 Å². The number of hydrogen-bond donors (Lipinski definition) is 1. The fourth-order valence-electron chi connectivity index (χ4n) is 0.974. The van der Waals surface area contributed by atoms with E-state index in [1.165, 1.54) is 23.7 Å². The van der Waals surface area contributed by atoms with E-state index in [1.54, 1.807) is 0 Å². The lowest BCUT2D eigenvalue weighted by atomic mass is 10.2. The van der Waals surface area contributed by atoms with Gasteiger partial charge in [-0.3, -0.25) is 0 Å². The Morgan fingerprint density at radius 2 is 2.25 bits per heavy atom. The molecule has 0 aromatic heterocycles. The summed E-state index contributed by atoms with van der Waals surface area (Å²) in [6, 6.07) is 4.30. The summed E-state index contributed by atoms with van der Waals surface area (Å²) in [6.07, 6.45) is 0. The summed E-state index contributed by atoms with van der Waals surface area (Å²) in [5.74, 6) is -0.588. The number of rotatable bonds is 4. The number of carbonyl (C=O) groups is 1. The first-order chi connectivity index (χ1) is 7.54. The minimum absolute atomic E-state index is 0.127. The molecule has 0 aliphatic heterocycles. The highest BCUT2D eigenvalue weighted by Crippen LogP contribution is 2.25. The van der Waals surface area contributed by atoms with Crippen LogP contribution in [0.15, 0.2) is 29.3 Å². The Morgan fingerprint density at radius 1 is 1.56 bits per heavy atom. The Bertz CT molecular complexity index is 427. The largest absolute Gasteiger partial charge is 0.488 e. The normalized spacial score (nSPS) is 11.3. The average Bonchev–Trinajstić information content (AvgIpc) is 2.26. The summed E-state index contributed by atoms with van der Waals surface area (Å²) in [7, 11) is 0. The van der Waals surface area contributed by atoms with Gasteiger partial charge in [-0.05, 0) is 30.7 Å². The van der Waals surface area contributed by atoms with Gasteiger partial charge in [0.05, 0.1) is 10.6 Å². The van der Waals surface area contributed by atoms with Gasteiger partial charge >= 0.3 is 5.97 Å². The van der Waals surface area contributed by atoms with Crippen molar-refractivity contribution in [3.63, 3.8) is 0 Å². The average molecular weight is 261 g/mol. The highest BCUT2D eigenvalue weighted by atomic mass is 35.5. The molecule has 0 saturated carbocycles. The lowest BCUT2D eigenvalue weighted by Crippen LogP contribution is -2.00. The zero-order chi connectivity index (χ0) is 12.1. The number of aromatic carboxylic acids is 1. The third kappa shape index (κ3) is 3.43. The van der Waals surface area contributed by atoms with E-state index in [9.17, 15) is 4.79 Å². The highest BCUT2D eigenvalue weighted by Gasteiger charge is 2.07. The van der Waals surface area contributed by atoms with Crippen molar-refractivity contribution in [2.75, 3.05) is 6.61 Å². The predicted molar refractivity (Wildman–Crippen MR) is 63.5 cm³/mol. The number of hydrogen-bond acceptors (Lipinski definition) is 2. The van der Waals surface area contributed by atoms with Gasteiger partial charge in [-0.25, -0.2) is 4.79 Å². The van der Waals surface area contributed by atoms with E-state index in [4.69, 9.17) is 33.0 Å². The molecule has 0 amide bonds. The van der Waals surface area contributed by atoms with Gasteiger partial charge in [-0.1, -0.05) is 23.2 Å². The zero-order valence-electron chi connectivity index (χ0n) is 8.54. The van der Waals surface area contributed by atoms with Crippen LogP contribution in [0.3, 0.4) is 0 Å². The molecule has 5 heteroatoms. The SMILES string of the molecule is C/C(=C/Cl)COc1ccc(C(=O)O)cc1Cl. The number of carboxylic acids is 1. The lowest BCUT2D eigenvalue weighted by Gasteiger charge is -2.08. The molecule has 0 aliphatic rings. The molecule has 1 aromatic carbocycles. The van der Waals surface area contributed by atoms with Crippen LogP contribution in [0.1, 0.15) is 17.3 Å². The van der Waals surface area contributed by atoms with Gasteiger partial charge in [0.15, 0.2) is 0 Å². The van der Waals surface area contributed by atoms with Crippen molar-refractivity contribution < 1.29 is 14.6 Å². The first-order valence-corrected chi connectivity index (χ1v) is 5.27. The Kier molecular flexibility index (Phi) is 4.65. The molecule has 1 aromatic rings. The van der Waals surface area contributed by atoms with E-state index >= 15 is 0 Å². The molecule has 1 N–H and O–H groups in total. The molecule has 0 aliphatic carbocycles. The second kappa shape index (κ2) is 5.77. The van der Waals surface area contributed by atoms with Crippen LogP contribution >= 0.6 is 23.2 Å². The summed E-state index contributed by atoms with van der Waals surface area (Å²) in [4.78, 5) is 10.7. The van der Waals surface area contributed by atoms with Crippen molar-refractivity contribution in [1.29, 1.82) is 0 Å². The van der Waals surface area contributed by atoms with Crippen LogP contribution in [-0.4, -0.2) is 17.7 Å². The van der Waals surface area contributed by atoms with Crippen LogP contribution in [0.5, 0.6) is 5.75 Å². The molecular weight excluding hydrogens is 251 g/mol.